The van der Waals surface area contributed by atoms with Crippen molar-refractivity contribution in [2.45, 2.75) is 46.1 Å². The Balaban J connectivity index is 2.46. The van der Waals surface area contributed by atoms with Crippen molar-refractivity contribution in [1.29, 1.82) is 0 Å². The van der Waals surface area contributed by atoms with Gasteiger partial charge in [0.1, 0.15) is 5.01 Å². The number of rotatable bonds is 7. The summed E-state index contributed by atoms with van der Waals surface area (Å²) in [6.45, 7) is 7.00. The molecule has 0 aliphatic heterocycles. The van der Waals surface area contributed by atoms with Crippen molar-refractivity contribution in [2.75, 3.05) is 6.54 Å². The highest BCUT2D eigenvalue weighted by atomic mass is 32.1. The number of carbonyl (C=O) groups is 1. The van der Waals surface area contributed by atoms with Crippen LogP contribution in [0.1, 0.15) is 50.4 Å². The third-order valence-corrected chi connectivity index (χ3v) is 3.76. The van der Waals surface area contributed by atoms with E-state index in [4.69, 9.17) is 5.73 Å². The molecule has 0 aliphatic rings. The van der Waals surface area contributed by atoms with Crippen LogP contribution in [-0.2, 0) is 11.2 Å². The number of nitrogens with two attached hydrogens (primary N) is 1. The second kappa shape index (κ2) is 7.48. The van der Waals surface area contributed by atoms with E-state index in [1.54, 1.807) is 11.3 Å². The largest absolute Gasteiger partial charge is 0.356 e. The topological polar surface area (TPSA) is 68.0 Å². The molecule has 0 saturated heterocycles. The first-order valence-electron chi connectivity index (χ1n) is 6.51. The van der Waals surface area contributed by atoms with Crippen LogP contribution in [0.4, 0.5) is 0 Å². The summed E-state index contributed by atoms with van der Waals surface area (Å²) < 4.78 is 0. The fourth-order valence-electron chi connectivity index (χ4n) is 1.47. The van der Waals surface area contributed by atoms with Crippen molar-refractivity contribution in [3.63, 3.8) is 0 Å². The van der Waals surface area contributed by atoms with Crippen molar-refractivity contribution >= 4 is 17.2 Å². The van der Waals surface area contributed by atoms with Gasteiger partial charge in [0.25, 0.3) is 0 Å². The first-order chi connectivity index (χ1) is 8.54. The van der Waals surface area contributed by atoms with Crippen molar-refractivity contribution in [3.05, 3.63) is 16.1 Å². The average Bonchev–Trinajstić information content (AvgIpc) is 2.76. The first kappa shape index (κ1) is 15.1. The van der Waals surface area contributed by atoms with Crippen LogP contribution < -0.4 is 11.1 Å². The van der Waals surface area contributed by atoms with Gasteiger partial charge in [-0.15, -0.1) is 11.3 Å². The minimum Gasteiger partial charge on any atom is -0.356 e. The number of thiazole rings is 1. The van der Waals surface area contributed by atoms with Crippen LogP contribution in [0.15, 0.2) is 5.38 Å². The molecule has 0 spiro atoms. The Labute approximate surface area is 113 Å². The molecule has 18 heavy (non-hydrogen) atoms. The molecule has 0 aromatic carbocycles. The predicted molar refractivity (Wildman–Crippen MR) is 75.5 cm³/mol. The summed E-state index contributed by atoms with van der Waals surface area (Å²) in [5, 5.41) is 5.73. The normalized spacial score (nSPS) is 12.7. The van der Waals surface area contributed by atoms with E-state index in [1.807, 2.05) is 5.38 Å². The third kappa shape index (κ3) is 4.74. The fraction of sp³-hybridized carbons (Fsp3) is 0.692. The maximum Gasteiger partial charge on any atom is 0.226 e. The molecule has 1 aromatic heterocycles. The van der Waals surface area contributed by atoms with Crippen LogP contribution in [-0.4, -0.2) is 17.4 Å². The lowest BCUT2D eigenvalue weighted by Crippen LogP contribution is -2.26. The van der Waals surface area contributed by atoms with E-state index in [0.717, 1.165) is 30.1 Å². The van der Waals surface area contributed by atoms with E-state index in [-0.39, 0.29) is 11.9 Å². The molecule has 0 fully saturated rings. The SMILES string of the molecule is CCCCNC(=O)Cc1csc(C(N)C(C)C)n1. The molecule has 0 saturated carbocycles. The Morgan fingerprint density at radius 1 is 1.56 bits per heavy atom. The zero-order chi connectivity index (χ0) is 13.5. The first-order valence-corrected chi connectivity index (χ1v) is 7.39. The number of hydrogen-bond acceptors (Lipinski definition) is 4. The van der Waals surface area contributed by atoms with Crippen molar-refractivity contribution < 1.29 is 4.79 Å². The summed E-state index contributed by atoms with van der Waals surface area (Å²) in [5.41, 5.74) is 6.85. The minimum atomic E-state index is -0.0353. The number of carbonyl (C=O) groups excluding carboxylic acids is 1. The molecule has 0 bridgehead atoms. The summed E-state index contributed by atoms with van der Waals surface area (Å²) in [6, 6.07) is -0.0353. The maximum absolute atomic E-state index is 11.6. The number of nitrogens with zero attached hydrogens (tertiary/aromatic N) is 1. The molecule has 1 atom stereocenters. The Kier molecular flexibility index (Phi) is 6.29. The highest BCUT2D eigenvalue weighted by Crippen LogP contribution is 2.22. The fourth-order valence-corrected chi connectivity index (χ4v) is 2.47. The molecule has 3 N–H and O–H groups in total. The van der Waals surface area contributed by atoms with Crippen LogP contribution in [0, 0.1) is 5.92 Å². The highest BCUT2D eigenvalue weighted by molar-refractivity contribution is 7.09. The number of aromatic nitrogens is 1. The molecule has 1 unspecified atom stereocenters. The van der Waals surface area contributed by atoms with Gasteiger partial charge in [-0.3, -0.25) is 4.79 Å². The molecule has 102 valence electrons. The Hall–Kier alpha value is -0.940. The van der Waals surface area contributed by atoms with Gasteiger partial charge >= 0.3 is 0 Å². The van der Waals surface area contributed by atoms with Gasteiger partial charge in [0.05, 0.1) is 18.2 Å². The summed E-state index contributed by atoms with van der Waals surface area (Å²) in [6.07, 6.45) is 2.46. The quantitative estimate of drug-likeness (QED) is 0.746. The molecule has 5 heteroatoms. The molecule has 1 rings (SSSR count). The standard InChI is InChI=1S/C13H23N3OS/c1-4-5-6-15-11(17)7-10-8-18-13(16-10)12(14)9(2)3/h8-9,12H,4-7,14H2,1-3H3,(H,15,17). The number of unbranched alkanes of at least 4 members (excludes halogenated alkanes) is 1. The molecule has 0 radical (unpaired) electrons. The van der Waals surface area contributed by atoms with Gasteiger partial charge in [0.2, 0.25) is 5.91 Å². The highest BCUT2D eigenvalue weighted by Gasteiger charge is 2.15. The van der Waals surface area contributed by atoms with E-state index >= 15 is 0 Å². The van der Waals surface area contributed by atoms with Gasteiger partial charge in [-0.25, -0.2) is 4.98 Å². The monoisotopic (exact) mass is 269 g/mol. The van der Waals surface area contributed by atoms with E-state index in [1.165, 1.54) is 0 Å². The lowest BCUT2D eigenvalue weighted by molar-refractivity contribution is -0.120. The number of nitrogens with one attached hydrogen (secondary N) is 1. The third-order valence-electron chi connectivity index (χ3n) is 2.77. The van der Waals surface area contributed by atoms with E-state index < -0.39 is 0 Å². The smallest absolute Gasteiger partial charge is 0.226 e. The van der Waals surface area contributed by atoms with Crippen LogP contribution in [0.5, 0.6) is 0 Å². The van der Waals surface area contributed by atoms with E-state index in [2.05, 4.69) is 31.1 Å². The van der Waals surface area contributed by atoms with Crippen LogP contribution in [0.2, 0.25) is 0 Å². The van der Waals surface area contributed by atoms with Crippen LogP contribution in [0.3, 0.4) is 0 Å². The van der Waals surface area contributed by atoms with Gasteiger partial charge in [0, 0.05) is 11.9 Å². The van der Waals surface area contributed by atoms with Gasteiger partial charge in [-0.2, -0.15) is 0 Å². The van der Waals surface area contributed by atoms with Crippen molar-refractivity contribution in [1.82, 2.24) is 10.3 Å². The second-order valence-corrected chi connectivity index (χ2v) is 5.72. The van der Waals surface area contributed by atoms with Gasteiger partial charge < -0.3 is 11.1 Å². The summed E-state index contributed by atoms with van der Waals surface area (Å²) in [7, 11) is 0. The Bertz CT molecular complexity index is 376. The average molecular weight is 269 g/mol. The number of amides is 1. The Morgan fingerprint density at radius 2 is 2.28 bits per heavy atom. The molecular weight excluding hydrogens is 246 g/mol. The molecule has 4 nitrogen and oxygen atoms in total. The summed E-state index contributed by atoms with van der Waals surface area (Å²) >= 11 is 1.54. The van der Waals surface area contributed by atoms with Crippen LogP contribution in [0.25, 0.3) is 0 Å². The number of hydrogen-bond donors (Lipinski definition) is 2. The van der Waals surface area contributed by atoms with E-state index in [0.29, 0.717) is 12.3 Å². The predicted octanol–water partition coefficient (Wildman–Crippen LogP) is 2.26. The second-order valence-electron chi connectivity index (χ2n) is 4.83. The zero-order valence-corrected chi connectivity index (χ0v) is 12.2. The lowest BCUT2D eigenvalue weighted by atomic mass is 10.1. The van der Waals surface area contributed by atoms with Crippen molar-refractivity contribution in [3.8, 4) is 0 Å². The maximum atomic E-state index is 11.6. The van der Waals surface area contributed by atoms with Crippen LogP contribution >= 0.6 is 11.3 Å². The molecular formula is C13H23N3OS. The minimum absolute atomic E-state index is 0.0353. The Morgan fingerprint density at radius 3 is 2.89 bits per heavy atom. The van der Waals surface area contributed by atoms with Gasteiger partial charge in [-0.05, 0) is 12.3 Å². The molecule has 1 heterocycles. The summed E-state index contributed by atoms with van der Waals surface area (Å²) in [4.78, 5) is 16.1. The van der Waals surface area contributed by atoms with E-state index in [9.17, 15) is 4.79 Å². The van der Waals surface area contributed by atoms with Crippen molar-refractivity contribution in [2.24, 2.45) is 11.7 Å². The molecule has 1 amide bonds. The molecule has 0 aliphatic carbocycles. The van der Waals surface area contributed by atoms with Gasteiger partial charge in [-0.1, -0.05) is 27.2 Å². The molecule has 1 aromatic rings. The summed E-state index contributed by atoms with van der Waals surface area (Å²) in [5.74, 6) is 0.404. The lowest BCUT2D eigenvalue weighted by Gasteiger charge is -2.11. The zero-order valence-electron chi connectivity index (χ0n) is 11.4. The van der Waals surface area contributed by atoms with Gasteiger partial charge in [0.15, 0.2) is 0 Å².